The summed E-state index contributed by atoms with van der Waals surface area (Å²) in [5.74, 6) is 0.215. The van der Waals surface area contributed by atoms with Crippen molar-refractivity contribution in [1.29, 1.82) is 0 Å². The van der Waals surface area contributed by atoms with Gasteiger partial charge in [0.2, 0.25) is 15.9 Å². The average molecular weight is 346 g/mol. The molecule has 0 saturated heterocycles. The maximum absolute atomic E-state index is 12.3. The van der Waals surface area contributed by atoms with Gasteiger partial charge in [0.05, 0.1) is 11.5 Å². The van der Waals surface area contributed by atoms with Crippen LogP contribution in [0.2, 0.25) is 0 Å². The minimum Gasteiger partial charge on any atom is -0.395 e. The number of hydrogen-bond acceptors (Lipinski definition) is 5. The van der Waals surface area contributed by atoms with Crippen molar-refractivity contribution >= 4 is 27.7 Å². The number of sulfonamides is 1. The molecule has 22 heavy (non-hydrogen) atoms. The van der Waals surface area contributed by atoms with Crippen molar-refractivity contribution in [3.8, 4) is 0 Å². The predicted molar refractivity (Wildman–Crippen MR) is 88.4 cm³/mol. The first-order valence-corrected chi connectivity index (χ1v) is 9.75. The highest BCUT2D eigenvalue weighted by atomic mass is 32.2. The molecule has 0 aromatic heterocycles. The Kier molecular flexibility index (Phi) is 7.88. The number of aryl methyl sites for hydroxylation is 1. The summed E-state index contributed by atoms with van der Waals surface area (Å²) in [6.07, 6.45) is 2.26. The van der Waals surface area contributed by atoms with Crippen molar-refractivity contribution in [3.05, 3.63) is 29.8 Å². The summed E-state index contributed by atoms with van der Waals surface area (Å²) >= 11 is 1.53. The normalized spacial score (nSPS) is 12.9. The molecule has 1 rings (SSSR count). The molecule has 124 valence electrons. The van der Waals surface area contributed by atoms with E-state index in [9.17, 15) is 13.2 Å². The lowest BCUT2D eigenvalue weighted by Crippen LogP contribution is -2.47. The number of aliphatic hydroxyl groups excluding tert-OH is 1. The first-order chi connectivity index (χ1) is 10.4. The first kappa shape index (κ1) is 19.0. The molecule has 0 spiro atoms. The van der Waals surface area contributed by atoms with Gasteiger partial charge in [0.25, 0.3) is 0 Å². The SMILES string of the molecule is CSCC[C@@H](NS(=O)(=O)c1ccc(C)cc1)C(=O)NCCO. The third-order valence-electron chi connectivity index (χ3n) is 2.97. The molecule has 1 aromatic rings. The summed E-state index contributed by atoms with van der Waals surface area (Å²) in [7, 11) is -3.76. The number of hydrogen-bond donors (Lipinski definition) is 3. The van der Waals surface area contributed by atoms with E-state index in [2.05, 4.69) is 10.0 Å². The van der Waals surface area contributed by atoms with E-state index in [1.807, 2.05) is 13.2 Å². The van der Waals surface area contributed by atoms with E-state index in [0.717, 1.165) is 5.56 Å². The van der Waals surface area contributed by atoms with E-state index in [1.54, 1.807) is 12.1 Å². The molecule has 0 unspecified atom stereocenters. The lowest BCUT2D eigenvalue weighted by molar-refractivity contribution is -0.122. The molecule has 0 heterocycles. The van der Waals surface area contributed by atoms with Crippen LogP contribution >= 0.6 is 11.8 Å². The molecule has 1 amide bonds. The molecule has 3 N–H and O–H groups in total. The summed E-state index contributed by atoms with van der Waals surface area (Å²) < 4.78 is 27.1. The maximum atomic E-state index is 12.3. The van der Waals surface area contributed by atoms with Crippen LogP contribution in [0.1, 0.15) is 12.0 Å². The minimum absolute atomic E-state index is 0.0981. The Morgan fingerprint density at radius 1 is 1.32 bits per heavy atom. The highest BCUT2D eigenvalue weighted by Gasteiger charge is 2.25. The maximum Gasteiger partial charge on any atom is 0.241 e. The fourth-order valence-electron chi connectivity index (χ4n) is 1.75. The number of thioether (sulfide) groups is 1. The molecule has 0 fully saturated rings. The van der Waals surface area contributed by atoms with E-state index in [4.69, 9.17) is 5.11 Å². The van der Waals surface area contributed by atoms with Gasteiger partial charge in [-0.1, -0.05) is 17.7 Å². The second kappa shape index (κ2) is 9.14. The smallest absolute Gasteiger partial charge is 0.241 e. The molecular weight excluding hydrogens is 324 g/mol. The van der Waals surface area contributed by atoms with Crippen LogP contribution in [0.4, 0.5) is 0 Å². The zero-order chi connectivity index (χ0) is 16.6. The summed E-state index contributed by atoms with van der Waals surface area (Å²) in [6.45, 7) is 1.78. The Labute approximate surface area is 135 Å². The number of carbonyl (C=O) groups excluding carboxylic acids is 1. The van der Waals surface area contributed by atoms with E-state index in [-0.39, 0.29) is 18.0 Å². The number of aliphatic hydroxyl groups is 1. The van der Waals surface area contributed by atoms with Crippen LogP contribution in [0.5, 0.6) is 0 Å². The van der Waals surface area contributed by atoms with Crippen LogP contribution in [-0.2, 0) is 14.8 Å². The molecule has 6 nitrogen and oxygen atoms in total. The molecule has 0 aliphatic rings. The topological polar surface area (TPSA) is 95.5 Å². The molecule has 0 bridgehead atoms. The highest BCUT2D eigenvalue weighted by molar-refractivity contribution is 7.98. The van der Waals surface area contributed by atoms with Gasteiger partial charge >= 0.3 is 0 Å². The molecule has 0 aliphatic heterocycles. The number of amides is 1. The highest BCUT2D eigenvalue weighted by Crippen LogP contribution is 2.12. The summed E-state index contributed by atoms with van der Waals surface area (Å²) in [6, 6.07) is 5.57. The van der Waals surface area contributed by atoms with Gasteiger partial charge in [-0.15, -0.1) is 0 Å². The zero-order valence-corrected chi connectivity index (χ0v) is 14.3. The van der Waals surface area contributed by atoms with E-state index in [0.29, 0.717) is 12.2 Å². The fourth-order valence-corrected chi connectivity index (χ4v) is 3.46. The summed E-state index contributed by atoms with van der Waals surface area (Å²) in [5, 5.41) is 11.3. The molecule has 0 radical (unpaired) electrons. The number of nitrogens with one attached hydrogen (secondary N) is 2. The second-order valence-corrected chi connectivity index (χ2v) is 7.48. The van der Waals surface area contributed by atoms with Gasteiger partial charge in [0.15, 0.2) is 0 Å². The Balaban J connectivity index is 2.86. The van der Waals surface area contributed by atoms with Gasteiger partial charge < -0.3 is 10.4 Å². The molecule has 1 aromatic carbocycles. The van der Waals surface area contributed by atoms with Crippen molar-refractivity contribution < 1.29 is 18.3 Å². The van der Waals surface area contributed by atoms with E-state index >= 15 is 0 Å². The van der Waals surface area contributed by atoms with Gasteiger partial charge in [-0.05, 0) is 37.5 Å². The van der Waals surface area contributed by atoms with Crippen molar-refractivity contribution in [3.63, 3.8) is 0 Å². The lowest BCUT2D eigenvalue weighted by atomic mass is 10.2. The van der Waals surface area contributed by atoms with Gasteiger partial charge in [-0.3, -0.25) is 4.79 Å². The Hall–Kier alpha value is -1.09. The molecular formula is C14H22N2O4S2. The van der Waals surface area contributed by atoms with Gasteiger partial charge in [0.1, 0.15) is 6.04 Å². The number of benzene rings is 1. The molecule has 0 saturated carbocycles. The third kappa shape index (κ3) is 5.96. The first-order valence-electron chi connectivity index (χ1n) is 6.87. The lowest BCUT2D eigenvalue weighted by Gasteiger charge is -2.18. The van der Waals surface area contributed by atoms with E-state index in [1.165, 1.54) is 23.9 Å². The van der Waals surface area contributed by atoms with Gasteiger partial charge in [-0.25, -0.2) is 8.42 Å². The van der Waals surface area contributed by atoms with Gasteiger partial charge in [0, 0.05) is 6.54 Å². The largest absolute Gasteiger partial charge is 0.395 e. The second-order valence-electron chi connectivity index (χ2n) is 4.78. The summed E-state index contributed by atoms with van der Waals surface area (Å²) in [5.41, 5.74) is 0.957. The number of carbonyl (C=O) groups is 1. The van der Waals surface area contributed by atoms with Crippen LogP contribution in [0.3, 0.4) is 0 Å². The minimum atomic E-state index is -3.76. The molecule has 0 aliphatic carbocycles. The van der Waals surface area contributed by atoms with Crippen LogP contribution in [0, 0.1) is 6.92 Å². The summed E-state index contributed by atoms with van der Waals surface area (Å²) in [4.78, 5) is 12.1. The van der Waals surface area contributed by atoms with Crippen molar-refractivity contribution in [1.82, 2.24) is 10.0 Å². The predicted octanol–water partition coefficient (Wildman–Crippen LogP) is 0.504. The van der Waals surface area contributed by atoms with Crippen molar-refractivity contribution in [2.24, 2.45) is 0 Å². The zero-order valence-electron chi connectivity index (χ0n) is 12.7. The van der Waals surface area contributed by atoms with Crippen LogP contribution in [-0.4, -0.2) is 50.6 Å². The molecule has 8 heteroatoms. The van der Waals surface area contributed by atoms with Crippen molar-refractivity contribution in [2.45, 2.75) is 24.3 Å². The monoisotopic (exact) mass is 346 g/mol. The quantitative estimate of drug-likeness (QED) is 0.605. The van der Waals surface area contributed by atoms with Crippen LogP contribution < -0.4 is 10.0 Å². The van der Waals surface area contributed by atoms with Gasteiger partial charge in [-0.2, -0.15) is 16.5 Å². The number of rotatable bonds is 9. The van der Waals surface area contributed by atoms with Crippen molar-refractivity contribution in [2.75, 3.05) is 25.2 Å². The Morgan fingerprint density at radius 2 is 1.95 bits per heavy atom. The third-order valence-corrected chi connectivity index (χ3v) is 5.10. The van der Waals surface area contributed by atoms with E-state index < -0.39 is 22.0 Å². The Bertz CT molecular complexity index is 573. The molecule has 1 atom stereocenters. The fraction of sp³-hybridized carbons (Fsp3) is 0.500. The Morgan fingerprint density at radius 3 is 2.50 bits per heavy atom. The van der Waals surface area contributed by atoms with Crippen LogP contribution in [0.25, 0.3) is 0 Å². The average Bonchev–Trinajstić information content (AvgIpc) is 2.49. The van der Waals surface area contributed by atoms with Crippen LogP contribution in [0.15, 0.2) is 29.2 Å². The standard InChI is InChI=1S/C14H22N2O4S2/c1-11-3-5-12(6-4-11)22(19,20)16-13(7-10-21-2)14(18)15-8-9-17/h3-6,13,16-17H,7-10H2,1-2H3,(H,15,18)/t13-/m1/s1.